The lowest BCUT2D eigenvalue weighted by atomic mass is 9.83. The lowest BCUT2D eigenvalue weighted by Gasteiger charge is -2.25. The van der Waals surface area contributed by atoms with Gasteiger partial charge in [0.1, 0.15) is 21.8 Å². The number of aryl methyl sites for hydroxylation is 1. The van der Waals surface area contributed by atoms with Crippen LogP contribution in [0.5, 0.6) is 11.6 Å². The van der Waals surface area contributed by atoms with Crippen LogP contribution in [0.15, 0.2) is 34.6 Å². The van der Waals surface area contributed by atoms with Gasteiger partial charge in [0.05, 0.1) is 19.6 Å². The van der Waals surface area contributed by atoms with E-state index in [-0.39, 0.29) is 11.8 Å². The van der Waals surface area contributed by atoms with Crippen LogP contribution in [0.4, 0.5) is 0 Å². The molecule has 0 saturated carbocycles. The monoisotopic (exact) mass is 441 g/mol. The summed E-state index contributed by atoms with van der Waals surface area (Å²) in [5.41, 5.74) is 10.4. The number of benzene rings is 1. The Balaban J connectivity index is 1.75. The molecule has 0 amide bonds. The highest BCUT2D eigenvalue weighted by Gasteiger charge is 2.35. The third kappa shape index (κ3) is 3.89. The number of rotatable bonds is 6. The molecule has 0 aliphatic carbocycles. The van der Waals surface area contributed by atoms with E-state index in [1.54, 1.807) is 30.6 Å². The van der Waals surface area contributed by atoms with Crippen LogP contribution >= 0.6 is 23.5 Å². The maximum absolute atomic E-state index is 9.85. The van der Waals surface area contributed by atoms with E-state index in [0.717, 1.165) is 63.4 Å². The summed E-state index contributed by atoms with van der Waals surface area (Å²) >= 11 is 3.50. The summed E-state index contributed by atoms with van der Waals surface area (Å²) in [5.74, 6) is 2.83. The normalized spacial score (nSPS) is 17.9. The van der Waals surface area contributed by atoms with Gasteiger partial charge in [-0.1, -0.05) is 49.0 Å². The first-order valence-corrected chi connectivity index (χ1v) is 11.7. The van der Waals surface area contributed by atoms with Gasteiger partial charge >= 0.3 is 0 Å². The van der Waals surface area contributed by atoms with E-state index in [4.69, 9.17) is 15.2 Å². The molecule has 3 heterocycles. The van der Waals surface area contributed by atoms with Gasteiger partial charge in [-0.05, 0) is 18.1 Å². The standard InChI is InChI=1S/C21H23N5O2S2/c1-3-4-15-18-17(14(10-22)19(23)28-20(18)26-25-15)12-5-6-16(27-2)13(9-12)11-30-21-24-7-8-29-21/h5-6,9,17H,3-4,7-8,11,23H2,1-2H3,(H,25,26)/t17-/m1/s1. The van der Waals surface area contributed by atoms with Crippen LogP contribution < -0.4 is 15.2 Å². The number of nitrogens with two attached hydrogens (primary N) is 1. The first kappa shape index (κ1) is 20.7. The highest BCUT2D eigenvalue weighted by atomic mass is 32.2. The number of allylic oxidation sites excluding steroid dienone is 1. The molecule has 0 unspecified atom stereocenters. The molecule has 7 nitrogen and oxygen atoms in total. The molecule has 0 fully saturated rings. The third-order valence-electron chi connectivity index (χ3n) is 5.06. The average molecular weight is 442 g/mol. The number of aliphatic imine (C=N–C) groups is 1. The summed E-state index contributed by atoms with van der Waals surface area (Å²) < 4.78 is 12.3. The summed E-state index contributed by atoms with van der Waals surface area (Å²) in [5, 5.41) is 17.2. The van der Waals surface area contributed by atoms with Crippen LogP contribution in [0, 0.1) is 11.3 Å². The average Bonchev–Trinajstić information content (AvgIpc) is 3.41. The quantitative estimate of drug-likeness (QED) is 0.699. The molecule has 1 aromatic carbocycles. The second kappa shape index (κ2) is 9.06. The van der Waals surface area contributed by atoms with E-state index >= 15 is 0 Å². The SMILES string of the molecule is CCCc1[nH]nc2c1[C@H](c1ccc(OC)c(CSC3=NCCS3)c1)C(C#N)=C(N)O2. The molecule has 0 spiro atoms. The van der Waals surface area contributed by atoms with Crippen LogP contribution in [-0.4, -0.2) is 34.0 Å². The zero-order valence-electron chi connectivity index (χ0n) is 16.9. The zero-order chi connectivity index (χ0) is 21.1. The summed E-state index contributed by atoms with van der Waals surface area (Å²) in [4.78, 5) is 4.51. The number of hydrogen-bond acceptors (Lipinski definition) is 8. The van der Waals surface area contributed by atoms with Crippen molar-refractivity contribution in [3.05, 3.63) is 52.0 Å². The van der Waals surface area contributed by atoms with Crippen molar-refractivity contribution in [3.63, 3.8) is 0 Å². The van der Waals surface area contributed by atoms with Crippen LogP contribution in [-0.2, 0) is 12.2 Å². The number of nitrogens with zero attached hydrogens (tertiary/aromatic N) is 3. The van der Waals surface area contributed by atoms with Crippen molar-refractivity contribution in [2.75, 3.05) is 19.4 Å². The van der Waals surface area contributed by atoms with Crippen molar-refractivity contribution in [3.8, 4) is 17.7 Å². The predicted octanol–water partition coefficient (Wildman–Crippen LogP) is 3.92. The van der Waals surface area contributed by atoms with E-state index in [9.17, 15) is 5.26 Å². The van der Waals surface area contributed by atoms with Crippen molar-refractivity contribution in [1.82, 2.24) is 10.2 Å². The molecule has 2 aromatic rings. The molecule has 1 atom stereocenters. The number of aromatic amines is 1. The molecular weight excluding hydrogens is 418 g/mol. The summed E-state index contributed by atoms with van der Waals surface area (Å²) in [6.45, 7) is 2.99. The Kier molecular flexibility index (Phi) is 6.25. The van der Waals surface area contributed by atoms with Gasteiger partial charge in [0.15, 0.2) is 0 Å². The van der Waals surface area contributed by atoms with Gasteiger partial charge in [0.2, 0.25) is 11.8 Å². The number of H-pyrrole nitrogens is 1. The number of thioether (sulfide) groups is 2. The Morgan fingerprint density at radius 2 is 2.33 bits per heavy atom. The fourth-order valence-electron chi connectivity index (χ4n) is 3.72. The number of methoxy groups -OCH3 is 1. The second-order valence-corrected chi connectivity index (χ2v) is 9.26. The number of fused-ring (bicyclic) bond motifs is 1. The highest BCUT2D eigenvalue weighted by Crippen LogP contribution is 2.44. The molecule has 30 heavy (non-hydrogen) atoms. The van der Waals surface area contributed by atoms with E-state index in [2.05, 4.69) is 34.2 Å². The van der Waals surface area contributed by atoms with Gasteiger partial charge in [-0.15, -0.1) is 5.10 Å². The Labute approximate surface area is 184 Å². The van der Waals surface area contributed by atoms with Crippen molar-refractivity contribution >= 4 is 27.9 Å². The molecule has 0 saturated heterocycles. The second-order valence-electron chi connectivity index (χ2n) is 6.95. The van der Waals surface area contributed by atoms with Gasteiger partial charge < -0.3 is 15.2 Å². The van der Waals surface area contributed by atoms with Crippen LogP contribution in [0.25, 0.3) is 0 Å². The molecule has 156 valence electrons. The number of hydrogen-bond donors (Lipinski definition) is 2. The lowest BCUT2D eigenvalue weighted by Crippen LogP contribution is -2.21. The van der Waals surface area contributed by atoms with E-state index in [0.29, 0.717) is 11.5 Å². The Morgan fingerprint density at radius 3 is 3.03 bits per heavy atom. The van der Waals surface area contributed by atoms with Crippen molar-refractivity contribution in [2.24, 2.45) is 10.7 Å². The molecule has 2 aliphatic heterocycles. The minimum Gasteiger partial charge on any atom is -0.496 e. The predicted molar refractivity (Wildman–Crippen MR) is 121 cm³/mol. The first-order chi connectivity index (χ1) is 14.7. The van der Waals surface area contributed by atoms with Crippen molar-refractivity contribution in [2.45, 2.75) is 31.4 Å². The first-order valence-electron chi connectivity index (χ1n) is 9.77. The van der Waals surface area contributed by atoms with Gasteiger partial charge in [-0.2, -0.15) is 5.26 Å². The van der Waals surface area contributed by atoms with Gasteiger partial charge in [-0.25, -0.2) is 0 Å². The van der Waals surface area contributed by atoms with E-state index in [1.165, 1.54) is 0 Å². The van der Waals surface area contributed by atoms with Gasteiger partial charge in [-0.3, -0.25) is 10.1 Å². The largest absolute Gasteiger partial charge is 0.496 e. The fourth-order valence-corrected chi connectivity index (χ4v) is 5.70. The molecular formula is C21H23N5O2S2. The van der Waals surface area contributed by atoms with Crippen LogP contribution in [0.1, 0.15) is 41.6 Å². The zero-order valence-corrected chi connectivity index (χ0v) is 18.5. The highest BCUT2D eigenvalue weighted by molar-refractivity contribution is 8.38. The molecule has 1 aromatic heterocycles. The number of nitriles is 1. The molecule has 3 N–H and O–H groups in total. The van der Waals surface area contributed by atoms with Crippen molar-refractivity contribution < 1.29 is 9.47 Å². The molecule has 2 aliphatic rings. The topological polar surface area (TPSA) is 109 Å². The smallest absolute Gasteiger partial charge is 0.244 e. The third-order valence-corrected chi connectivity index (χ3v) is 7.37. The molecule has 4 rings (SSSR count). The van der Waals surface area contributed by atoms with Gasteiger partial charge in [0, 0.05) is 28.3 Å². The van der Waals surface area contributed by atoms with Crippen LogP contribution in [0.2, 0.25) is 0 Å². The Bertz CT molecular complexity index is 1050. The number of nitrogens with one attached hydrogen (secondary N) is 1. The van der Waals surface area contributed by atoms with E-state index < -0.39 is 0 Å². The lowest BCUT2D eigenvalue weighted by molar-refractivity contribution is 0.378. The summed E-state index contributed by atoms with van der Waals surface area (Å²) in [6, 6.07) is 8.29. The maximum Gasteiger partial charge on any atom is 0.244 e. The summed E-state index contributed by atoms with van der Waals surface area (Å²) in [6.07, 6.45) is 1.77. The summed E-state index contributed by atoms with van der Waals surface area (Å²) in [7, 11) is 1.67. The van der Waals surface area contributed by atoms with Crippen LogP contribution in [0.3, 0.4) is 0 Å². The minimum absolute atomic E-state index is 0.105. The maximum atomic E-state index is 9.85. The number of ether oxygens (including phenoxy) is 2. The van der Waals surface area contributed by atoms with E-state index in [1.807, 2.05) is 12.1 Å². The molecule has 0 bridgehead atoms. The molecule has 9 heteroatoms. The van der Waals surface area contributed by atoms with Crippen molar-refractivity contribution in [1.29, 1.82) is 5.26 Å². The Morgan fingerprint density at radius 1 is 1.47 bits per heavy atom. The fraction of sp³-hybridized carbons (Fsp3) is 0.381. The minimum atomic E-state index is -0.327. The van der Waals surface area contributed by atoms with Gasteiger partial charge in [0.25, 0.3) is 0 Å². The molecule has 0 radical (unpaired) electrons. The Hall–Kier alpha value is -2.57. The number of aromatic nitrogens is 2.